The second-order valence-corrected chi connectivity index (χ2v) is 5.21. The molecule has 1 aromatic heterocycles. The molecular weight excluding hydrogens is 279 g/mol. The second kappa shape index (κ2) is 5.25. The molecule has 4 nitrogen and oxygen atoms in total. The van der Waals surface area contributed by atoms with Crippen LogP contribution in [0.15, 0.2) is 24.3 Å². The molecule has 1 heterocycles. The molecule has 0 radical (unpaired) electrons. The topological polar surface area (TPSA) is 49.8 Å². The normalized spacial score (nSPS) is 14.2. The van der Waals surface area contributed by atoms with Crippen molar-refractivity contribution in [1.29, 1.82) is 0 Å². The van der Waals surface area contributed by atoms with E-state index in [0.29, 0.717) is 28.4 Å². The van der Waals surface area contributed by atoms with E-state index in [-0.39, 0.29) is 5.82 Å². The maximum Gasteiger partial charge on any atom is 0.224 e. The summed E-state index contributed by atoms with van der Waals surface area (Å²) in [5.41, 5.74) is 1.29. The van der Waals surface area contributed by atoms with Crippen LogP contribution in [0.5, 0.6) is 0 Å². The van der Waals surface area contributed by atoms with Gasteiger partial charge < -0.3 is 10.6 Å². The summed E-state index contributed by atoms with van der Waals surface area (Å²) in [7, 11) is 1.76. The van der Waals surface area contributed by atoms with Crippen LogP contribution in [0.3, 0.4) is 0 Å². The van der Waals surface area contributed by atoms with Crippen LogP contribution in [-0.4, -0.2) is 17.0 Å². The fraction of sp³-hybridized carbons (Fsp3) is 0.286. The molecule has 1 saturated carbocycles. The van der Waals surface area contributed by atoms with E-state index in [1.54, 1.807) is 7.05 Å². The number of nitrogens with zero attached hydrogens (tertiary/aromatic N) is 2. The number of hydrogen-bond acceptors (Lipinski definition) is 4. The van der Waals surface area contributed by atoms with Gasteiger partial charge in [-0.2, -0.15) is 4.98 Å². The zero-order chi connectivity index (χ0) is 14.1. The third-order valence-electron chi connectivity index (χ3n) is 3.16. The highest BCUT2D eigenvalue weighted by molar-refractivity contribution is 6.30. The van der Waals surface area contributed by atoms with Crippen LogP contribution in [0, 0.1) is 5.82 Å². The number of anilines is 3. The summed E-state index contributed by atoms with van der Waals surface area (Å²) in [6.07, 6.45) is 2.29. The molecule has 6 heteroatoms. The lowest BCUT2D eigenvalue weighted by atomic mass is 10.2. The van der Waals surface area contributed by atoms with E-state index >= 15 is 0 Å². The highest BCUT2D eigenvalue weighted by atomic mass is 35.5. The predicted octanol–water partition coefficient (Wildman–Crippen LogP) is 3.93. The van der Waals surface area contributed by atoms with Crippen LogP contribution in [-0.2, 0) is 0 Å². The summed E-state index contributed by atoms with van der Waals surface area (Å²) in [6.45, 7) is 0. The van der Waals surface area contributed by atoms with E-state index in [1.165, 1.54) is 18.2 Å². The molecule has 0 aliphatic heterocycles. The van der Waals surface area contributed by atoms with Gasteiger partial charge in [0.25, 0.3) is 0 Å². The van der Waals surface area contributed by atoms with Gasteiger partial charge >= 0.3 is 0 Å². The standard InChI is InChI=1S/C14H14ClFN4/c1-17-14-19-11(8-2-3-8)7-13(20-14)18-12-6-9(15)4-5-10(12)16/h4-8H,2-3H2,1H3,(H2,17,18,19,20). The Bertz CT molecular complexity index is 643. The SMILES string of the molecule is CNc1nc(Nc2cc(Cl)ccc2F)cc(C2CC2)n1. The van der Waals surface area contributed by atoms with Gasteiger partial charge in [0.1, 0.15) is 11.6 Å². The lowest BCUT2D eigenvalue weighted by molar-refractivity contribution is 0.632. The maximum absolute atomic E-state index is 13.7. The molecule has 0 spiro atoms. The lowest BCUT2D eigenvalue weighted by Gasteiger charge is -2.10. The van der Waals surface area contributed by atoms with Crippen molar-refractivity contribution in [3.8, 4) is 0 Å². The number of hydrogen-bond donors (Lipinski definition) is 2. The molecule has 1 aliphatic carbocycles. The lowest BCUT2D eigenvalue weighted by Crippen LogP contribution is -2.04. The van der Waals surface area contributed by atoms with E-state index in [1.807, 2.05) is 6.07 Å². The quantitative estimate of drug-likeness (QED) is 0.896. The summed E-state index contributed by atoms with van der Waals surface area (Å²) in [5.74, 6) is 1.22. The van der Waals surface area contributed by atoms with Gasteiger partial charge in [0, 0.05) is 24.1 Å². The third-order valence-corrected chi connectivity index (χ3v) is 3.39. The minimum atomic E-state index is -0.369. The van der Waals surface area contributed by atoms with E-state index in [2.05, 4.69) is 20.6 Å². The van der Waals surface area contributed by atoms with E-state index in [4.69, 9.17) is 11.6 Å². The Morgan fingerprint density at radius 2 is 2.05 bits per heavy atom. The number of nitrogens with one attached hydrogen (secondary N) is 2. The van der Waals surface area contributed by atoms with Crippen LogP contribution in [0.1, 0.15) is 24.5 Å². The van der Waals surface area contributed by atoms with Crippen molar-refractivity contribution < 1.29 is 4.39 Å². The molecule has 0 bridgehead atoms. The summed E-state index contributed by atoms with van der Waals surface area (Å²) in [4.78, 5) is 8.70. The summed E-state index contributed by atoms with van der Waals surface area (Å²) in [5, 5.41) is 6.35. The maximum atomic E-state index is 13.7. The first-order valence-corrected chi connectivity index (χ1v) is 6.82. The smallest absolute Gasteiger partial charge is 0.224 e. The summed E-state index contributed by atoms with van der Waals surface area (Å²) >= 11 is 5.88. The van der Waals surface area contributed by atoms with Gasteiger partial charge in [0.15, 0.2) is 0 Å². The number of benzene rings is 1. The summed E-state index contributed by atoms with van der Waals surface area (Å²) in [6, 6.07) is 6.23. The predicted molar refractivity (Wildman–Crippen MR) is 78.2 cm³/mol. The molecule has 1 aromatic carbocycles. The second-order valence-electron chi connectivity index (χ2n) is 4.78. The third kappa shape index (κ3) is 2.82. The molecule has 0 amide bonds. The Labute approximate surface area is 121 Å². The van der Waals surface area contributed by atoms with Gasteiger partial charge in [0.2, 0.25) is 5.95 Å². The van der Waals surface area contributed by atoms with Crippen molar-refractivity contribution in [2.75, 3.05) is 17.7 Å². The van der Waals surface area contributed by atoms with Crippen LogP contribution in [0.2, 0.25) is 5.02 Å². The number of rotatable bonds is 4. The molecule has 1 aliphatic rings. The van der Waals surface area contributed by atoms with Crippen molar-refractivity contribution in [3.63, 3.8) is 0 Å². The van der Waals surface area contributed by atoms with Gasteiger partial charge in [-0.05, 0) is 31.0 Å². The Hall–Kier alpha value is -1.88. The molecule has 0 atom stereocenters. The van der Waals surface area contributed by atoms with Crippen LogP contribution < -0.4 is 10.6 Å². The molecule has 2 N–H and O–H groups in total. The largest absolute Gasteiger partial charge is 0.357 e. The van der Waals surface area contributed by atoms with Crippen molar-refractivity contribution in [2.24, 2.45) is 0 Å². The van der Waals surface area contributed by atoms with Crippen molar-refractivity contribution in [3.05, 3.63) is 40.8 Å². The van der Waals surface area contributed by atoms with Crippen molar-refractivity contribution in [2.45, 2.75) is 18.8 Å². The fourth-order valence-corrected chi connectivity index (χ4v) is 2.13. The van der Waals surface area contributed by atoms with Crippen molar-refractivity contribution >= 4 is 29.1 Å². The number of halogens is 2. The molecule has 2 aromatic rings. The van der Waals surface area contributed by atoms with E-state index < -0.39 is 0 Å². The number of aromatic nitrogens is 2. The first-order valence-electron chi connectivity index (χ1n) is 6.44. The summed E-state index contributed by atoms with van der Waals surface area (Å²) < 4.78 is 13.7. The highest BCUT2D eigenvalue weighted by Crippen LogP contribution is 2.40. The van der Waals surface area contributed by atoms with Crippen LogP contribution in [0.4, 0.5) is 21.8 Å². The Balaban J connectivity index is 1.93. The van der Waals surface area contributed by atoms with Gasteiger partial charge in [-0.1, -0.05) is 11.6 Å². The van der Waals surface area contributed by atoms with Crippen molar-refractivity contribution in [1.82, 2.24) is 9.97 Å². The molecule has 104 valence electrons. The Morgan fingerprint density at radius 1 is 1.25 bits per heavy atom. The minimum Gasteiger partial charge on any atom is -0.357 e. The molecule has 1 fully saturated rings. The zero-order valence-electron chi connectivity index (χ0n) is 11.0. The Kier molecular flexibility index (Phi) is 3.44. The average Bonchev–Trinajstić information content (AvgIpc) is 3.27. The van der Waals surface area contributed by atoms with Gasteiger partial charge in [0.05, 0.1) is 11.4 Å². The average molecular weight is 293 g/mol. The molecule has 3 rings (SSSR count). The monoisotopic (exact) mass is 292 g/mol. The Morgan fingerprint density at radius 3 is 2.75 bits per heavy atom. The van der Waals surface area contributed by atoms with Gasteiger partial charge in [-0.25, -0.2) is 9.37 Å². The fourth-order valence-electron chi connectivity index (χ4n) is 1.96. The zero-order valence-corrected chi connectivity index (χ0v) is 11.7. The first-order chi connectivity index (χ1) is 9.65. The molecular formula is C14H14ClFN4. The van der Waals surface area contributed by atoms with E-state index in [0.717, 1.165) is 18.5 Å². The van der Waals surface area contributed by atoms with Gasteiger partial charge in [-0.3, -0.25) is 0 Å². The van der Waals surface area contributed by atoms with Crippen LogP contribution in [0.25, 0.3) is 0 Å². The molecule has 0 saturated heterocycles. The molecule has 0 unspecified atom stereocenters. The van der Waals surface area contributed by atoms with E-state index in [9.17, 15) is 4.39 Å². The van der Waals surface area contributed by atoms with Gasteiger partial charge in [-0.15, -0.1) is 0 Å². The minimum absolute atomic E-state index is 0.306. The molecule has 20 heavy (non-hydrogen) atoms. The highest BCUT2D eigenvalue weighted by Gasteiger charge is 2.26. The van der Waals surface area contributed by atoms with Crippen LogP contribution >= 0.6 is 11.6 Å². The first kappa shape index (κ1) is 13.1.